The number of aromatic nitrogens is 3. The Balaban J connectivity index is 0.651. The molecule has 56 heavy (non-hydrogen) atoms. The number of hydrogen-bond acceptors (Lipinski definition) is 9. The smallest absolute Gasteiger partial charge is 0.262 e. The number of benzene rings is 2. The Kier molecular flexibility index (Phi) is 11.1. The monoisotopic (exact) mass is 756 g/mol. The Hall–Kier alpha value is -5.59. The van der Waals surface area contributed by atoms with E-state index in [2.05, 4.69) is 69.8 Å². The number of allylic oxidation sites excluding steroid dienone is 1. The number of carbonyl (C=O) groups excluding carboxylic acids is 3. The van der Waals surface area contributed by atoms with Crippen molar-refractivity contribution in [3.8, 4) is 16.9 Å². The van der Waals surface area contributed by atoms with Gasteiger partial charge in [-0.15, -0.1) is 0 Å². The van der Waals surface area contributed by atoms with Crippen molar-refractivity contribution in [2.45, 2.75) is 63.5 Å². The molecule has 1 atom stereocenters. The molecule has 0 saturated carbocycles. The van der Waals surface area contributed by atoms with Crippen LogP contribution in [-0.2, 0) is 21.3 Å². The van der Waals surface area contributed by atoms with Crippen molar-refractivity contribution in [2.24, 2.45) is 7.05 Å². The first-order chi connectivity index (χ1) is 27.4. The van der Waals surface area contributed by atoms with E-state index in [4.69, 9.17) is 19.2 Å². The molecular weight excluding hydrogens is 709 g/mol. The van der Waals surface area contributed by atoms with Crippen LogP contribution < -0.4 is 15.0 Å². The Morgan fingerprint density at radius 2 is 1.55 bits per heavy atom. The summed E-state index contributed by atoms with van der Waals surface area (Å²) < 4.78 is 20.0. The average molecular weight is 757 g/mol. The highest BCUT2D eigenvalue weighted by molar-refractivity contribution is 6.23. The van der Waals surface area contributed by atoms with Gasteiger partial charge in [-0.1, -0.05) is 18.7 Å². The lowest BCUT2D eigenvalue weighted by Gasteiger charge is -2.39. The van der Waals surface area contributed by atoms with Crippen LogP contribution in [0.2, 0.25) is 0 Å². The van der Waals surface area contributed by atoms with E-state index in [-0.39, 0.29) is 17.6 Å². The number of anilines is 1. The average Bonchev–Trinajstić information content (AvgIpc) is 3.62. The van der Waals surface area contributed by atoms with Gasteiger partial charge in [0.2, 0.25) is 5.91 Å². The topological polar surface area (TPSA) is 128 Å². The second-order valence-electron chi connectivity index (χ2n) is 14.9. The summed E-state index contributed by atoms with van der Waals surface area (Å²) in [6.45, 7) is 8.22. The zero-order valence-corrected chi connectivity index (χ0v) is 31.9. The SMILES string of the molecule is C=C1CCC(N2C(=O)c3ccc(OCCCCCOCCCCCOC4CN(c5ccc(-c6ccc7c8cnccc8n(C)c7c6)cn5)C4)cc3C2=O)C(=O)N1. The van der Waals surface area contributed by atoms with Gasteiger partial charge < -0.3 is 29.0 Å². The van der Waals surface area contributed by atoms with Gasteiger partial charge >= 0.3 is 0 Å². The number of hydrogen-bond donors (Lipinski definition) is 1. The van der Waals surface area contributed by atoms with Crippen LogP contribution in [0.4, 0.5) is 5.82 Å². The molecule has 12 nitrogen and oxygen atoms in total. The molecule has 290 valence electrons. The molecule has 0 radical (unpaired) electrons. The van der Waals surface area contributed by atoms with Crippen LogP contribution in [0.5, 0.6) is 5.75 Å². The van der Waals surface area contributed by atoms with Gasteiger partial charge in [0, 0.05) is 86.1 Å². The van der Waals surface area contributed by atoms with Gasteiger partial charge in [-0.25, -0.2) is 4.98 Å². The normalized spacial score (nSPS) is 17.2. The fourth-order valence-corrected chi connectivity index (χ4v) is 7.84. The van der Waals surface area contributed by atoms with E-state index in [0.717, 1.165) is 86.7 Å². The van der Waals surface area contributed by atoms with Crippen LogP contribution in [0.25, 0.3) is 32.9 Å². The maximum atomic E-state index is 13.1. The van der Waals surface area contributed by atoms with Gasteiger partial charge in [0.1, 0.15) is 17.6 Å². The lowest BCUT2D eigenvalue weighted by Crippen LogP contribution is -2.52. The Labute approximate surface area is 326 Å². The molecule has 6 heterocycles. The number of nitrogens with one attached hydrogen (secondary N) is 1. The highest BCUT2D eigenvalue weighted by Gasteiger charge is 2.44. The van der Waals surface area contributed by atoms with Crippen molar-refractivity contribution >= 4 is 45.3 Å². The largest absolute Gasteiger partial charge is 0.494 e. The fraction of sp³-hybridized carbons (Fsp3) is 0.386. The number of unbranched alkanes of at least 4 members (excludes halogenated alkanes) is 4. The van der Waals surface area contributed by atoms with Gasteiger partial charge in [-0.3, -0.25) is 24.3 Å². The zero-order chi connectivity index (χ0) is 38.6. The highest BCUT2D eigenvalue weighted by atomic mass is 16.5. The van der Waals surface area contributed by atoms with E-state index >= 15 is 0 Å². The van der Waals surface area contributed by atoms with Crippen molar-refractivity contribution < 1.29 is 28.6 Å². The first kappa shape index (κ1) is 37.3. The van der Waals surface area contributed by atoms with Gasteiger partial charge in [-0.05, 0) is 99.4 Å². The number of pyridine rings is 2. The van der Waals surface area contributed by atoms with E-state index in [9.17, 15) is 14.4 Å². The summed E-state index contributed by atoms with van der Waals surface area (Å²) in [4.78, 5) is 50.8. The summed E-state index contributed by atoms with van der Waals surface area (Å²) in [5.74, 6) is 0.245. The van der Waals surface area contributed by atoms with Crippen LogP contribution in [0.15, 0.2) is 85.5 Å². The van der Waals surface area contributed by atoms with Crippen molar-refractivity contribution in [1.29, 1.82) is 0 Å². The highest BCUT2D eigenvalue weighted by Crippen LogP contribution is 2.33. The second-order valence-corrected chi connectivity index (χ2v) is 14.9. The lowest BCUT2D eigenvalue weighted by molar-refractivity contribution is -0.125. The third-order valence-electron chi connectivity index (χ3n) is 11.1. The molecule has 5 aromatic rings. The maximum Gasteiger partial charge on any atom is 0.262 e. The molecule has 2 fully saturated rings. The first-order valence-corrected chi connectivity index (χ1v) is 19.7. The molecule has 0 spiro atoms. The minimum absolute atomic E-state index is 0.248. The van der Waals surface area contributed by atoms with Gasteiger partial charge in [-0.2, -0.15) is 0 Å². The third-order valence-corrected chi connectivity index (χ3v) is 11.1. The van der Waals surface area contributed by atoms with Crippen molar-refractivity contribution in [3.63, 3.8) is 0 Å². The predicted octanol–water partition coefficient (Wildman–Crippen LogP) is 6.82. The number of ether oxygens (including phenoxy) is 3. The first-order valence-electron chi connectivity index (χ1n) is 19.7. The summed E-state index contributed by atoms with van der Waals surface area (Å²) in [5, 5.41) is 5.03. The fourth-order valence-electron chi connectivity index (χ4n) is 7.84. The summed E-state index contributed by atoms with van der Waals surface area (Å²) in [6.07, 6.45) is 12.8. The predicted molar refractivity (Wildman–Crippen MR) is 215 cm³/mol. The number of fused-ring (bicyclic) bond motifs is 4. The number of aryl methyl sites for hydroxylation is 1. The molecule has 3 aromatic heterocycles. The van der Waals surface area contributed by atoms with Crippen molar-refractivity contribution in [3.05, 3.63) is 96.6 Å². The molecule has 12 heteroatoms. The summed E-state index contributed by atoms with van der Waals surface area (Å²) in [7, 11) is 2.10. The molecule has 3 aliphatic heterocycles. The Morgan fingerprint density at radius 1 is 0.786 bits per heavy atom. The molecule has 8 rings (SSSR count). The summed E-state index contributed by atoms with van der Waals surface area (Å²) in [5.41, 5.74) is 5.79. The van der Waals surface area contributed by atoms with Crippen LogP contribution in [0.3, 0.4) is 0 Å². The molecule has 3 amide bonds. The number of rotatable bonds is 17. The molecule has 2 aromatic carbocycles. The Bertz CT molecular complexity index is 2260. The molecule has 1 N–H and O–H groups in total. The van der Waals surface area contributed by atoms with Gasteiger partial charge in [0.05, 0.1) is 29.4 Å². The molecule has 1 unspecified atom stereocenters. The standard InChI is InChI=1S/C44H48N6O6/c1-29-9-15-39(42(51)47-29)50-43(52)35-14-12-32(24-36(35)44(50)53)55-21-7-3-5-19-54-20-6-4-8-22-56-33-27-49(28-33)41-16-11-31(25-46-41)30-10-13-34-37-26-45-18-17-38(37)48(2)40(34)23-30/h10-14,16-18,23-26,33,39H,1,3-9,15,19-22,27-28H2,2H3,(H,47,51). The van der Waals surface area contributed by atoms with E-state index in [1.54, 1.807) is 18.2 Å². The van der Waals surface area contributed by atoms with Crippen molar-refractivity contribution in [1.82, 2.24) is 24.8 Å². The number of imide groups is 1. The molecule has 3 aliphatic rings. The van der Waals surface area contributed by atoms with Crippen LogP contribution in [-0.4, -0.2) is 88.8 Å². The maximum absolute atomic E-state index is 13.1. The van der Waals surface area contributed by atoms with Crippen molar-refractivity contribution in [2.75, 3.05) is 44.4 Å². The van der Waals surface area contributed by atoms with E-state index < -0.39 is 17.9 Å². The lowest BCUT2D eigenvalue weighted by atomic mass is 10.0. The summed E-state index contributed by atoms with van der Waals surface area (Å²) in [6, 6.07) is 17.0. The van der Waals surface area contributed by atoms with Crippen LogP contribution >= 0.6 is 0 Å². The minimum Gasteiger partial charge on any atom is -0.494 e. The Morgan fingerprint density at radius 3 is 2.34 bits per heavy atom. The molecular formula is C44H48N6O6. The second kappa shape index (κ2) is 16.6. The molecule has 2 saturated heterocycles. The zero-order valence-electron chi connectivity index (χ0n) is 31.9. The van der Waals surface area contributed by atoms with Gasteiger partial charge in [0.15, 0.2) is 0 Å². The quantitative estimate of drug-likeness (QED) is 0.0804. The van der Waals surface area contributed by atoms with Crippen LogP contribution in [0, 0.1) is 0 Å². The number of nitrogens with zero attached hydrogens (tertiary/aromatic N) is 5. The number of piperidine rings is 1. The molecule has 0 bridgehead atoms. The number of carbonyl (C=O) groups is 3. The third kappa shape index (κ3) is 7.76. The molecule has 0 aliphatic carbocycles. The van der Waals surface area contributed by atoms with Crippen LogP contribution in [0.1, 0.15) is 72.1 Å². The minimum atomic E-state index is -0.823. The number of amides is 3. The van der Waals surface area contributed by atoms with Gasteiger partial charge in [0.25, 0.3) is 11.8 Å². The van der Waals surface area contributed by atoms with E-state index in [1.165, 1.54) is 21.8 Å². The van der Waals surface area contributed by atoms with E-state index in [1.807, 2.05) is 18.6 Å². The van der Waals surface area contributed by atoms with E-state index in [0.29, 0.717) is 43.1 Å². The summed E-state index contributed by atoms with van der Waals surface area (Å²) >= 11 is 0.